The number of rotatable bonds is 1. The third-order valence-electron chi connectivity index (χ3n) is 0.192. The highest BCUT2D eigenvalue weighted by Gasteiger charge is 1.86. The molecule has 0 amide bonds. The molecular weight excluding hydrogens is 115 g/mol. The number of hydrogen-bond acceptors (Lipinski definition) is 0. The van der Waals surface area contributed by atoms with Crippen molar-refractivity contribution in [3.63, 3.8) is 0 Å². The molecule has 0 aromatic carbocycles. The van der Waals surface area contributed by atoms with E-state index >= 15 is 0 Å². The maximum Gasteiger partial charge on any atom is 0.202 e. The molecule has 0 aliphatic carbocycles. The second-order valence-corrected chi connectivity index (χ2v) is 5.23. The van der Waals surface area contributed by atoms with Gasteiger partial charge in [0.05, 0.1) is 7.57 Å². The Morgan fingerprint density at radius 2 is 1.80 bits per heavy atom. The highest BCUT2D eigenvalue weighted by Crippen LogP contribution is 2.19. The van der Waals surface area contributed by atoms with Crippen molar-refractivity contribution in [2.24, 2.45) is 0 Å². The van der Waals surface area contributed by atoms with Crippen LogP contribution in [0.15, 0.2) is 0 Å². The molecule has 0 heterocycles. The topological polar surface area (TPSA) is 0 Å². The molecule has 0 saturated carbocycles. The lowest BCUT2D eigenvalue weighted by Gasteiger charge is -1.85. The Morgan fingerprint density at radius 1 is 1.60 bits per heavy atom. The highest BCUT2D eigenvalue weighted by atomic mass is 31.1. The minimum atomic E-state index is 0.523. The van der Waals surface area contributed by atoms with Crippen LogP contribution in [-0.4, -0.2) is 13.4 Å². The van der Waals surface area contributed by atoms with Crippen LogP contribution in [0.4, 0.5) is 0 Å². The molecule has 3 unspecified atom stereocenters. The van der Waals surface area contributed by atoms with Crippen LogP contribution >= 0.6 is 26.6 Å². The lowest BCUT2D eigenvalue weighted by Crippen LogP contribution is -1.71. The van der Waals surface area contributed by atoms with Crippen molar-refractivity contribution < 1.29 is 0 Å². The molecule has 5 heavy (non-hydrogen) atoms. The van der Waals surface area contributed by atoms with E-state index in [4.69, 9.17) is 7.57 Å². The molecule has 3 atom stereocenters. The van der Waals surface area contributed by atoms with Crippen LogP contribution in [0.5, 0.6) is 0 Å². The highest BCUT2D eigenvalue weighted by molar-refractivity contribution is 8.28. The lowest BCUT2D eigenvalue weighted by molar-refractivity contribution is 4.40. The Labute approximate surface area is 40.8 Å². The monoisotopic (exact) mass is 120 g/mol. The van der Waals surface area contributed by atoms with E-state index in [9.17, 15) is 0 Å². The van der Waals surface area contributed by atoms with Gasteiger partial charge in [0.2, 0.25) is 5.87 Å². The van der Waals surface area contributed by atoms with Crippen molar-refractivity contribution in [1.82, 2.24) is 0 Å². The zero-order valence-electron chi connectivity index (χ0n) is 2.81. The fraction of sp³-hybridized carbons (Fsp3) is 0. The van der Waals surface area contributed by atoms with Gasteiger partial charge in [-0.1, -0.05) is 0 Å². The van der Waals surface area contributed by atoms with Gasteiger partial charge in [-0.25, -0.2) is 0 Å². The Kier molecular flexibility index (Phi) is 4.63. The van der Waals surface area contributed by atoms with Crippen LogP contribution < -0.4 is 0 Å². The van der Waals surface area contributed by atoms with Gasteiger partial charge in [0.1, 0.15) is 0 Å². The first-order valence-corrected chi connectivity index (χ1v) is 3.73. The summed E-state index contributed by atoms with van der Waals surface area (Å²) in [5, 5.41) is 0. The average molecular weight is 120 g/mol. The van der Waals surface area contributed by atoms with Crippen LogP contribution in [0.3, 0.4) is 0 Å². The van der Waals surface area contributed by atoms with Gasteiger partial charge in [-0.15, -0.1) is 0 Å². The van der Waals surface area contributed by atoms with E-state index < -0.39 is 0 Å². The summed E-state index contributed by atoms with van der Waals surface area (Å²) in [4.78, 5) is 0. The number of hydrogen-bond donors (Lipinski definition) is 0. The van der Waals surface area contributed by atoms with E-state index in [0.29, 0.717) is 14.2 Å². The molecule has 0 aromatic heterocycles. The summed E-state index contributed by atoms with van der Waals surface area (Å²) in [6.45, 7) is 0. The van der Waals surface area contributed by atoms with Gasteiger partial charge in [-0.3, -0.25) is 0 Å². The SMILES string of the molecule is [B]PB(P)P. The van der Waals surface area contributed by atoms with Gasteiger partial charge in [-0.05, 0) is 0 Å². The Morgan fingerprint density at radius 3 is 1.80 bits per heavy atom. The first-order chi connectivity index (χ1) is 2.27. The third kappa shape index (κ3) is 5.42. The van der Waals surface area contributed by atoms with E-state index in [-0.39, 0.29) is 0 Å². The smallest absolute Gasteiger partial charge is 0.193 e. The predicted octanol–water partition coefficient (Wildman–Crippen LogP) is 0.483. The molecular formula is H5B2P3. The second-order valence-electron chi connectivity index (χ2n) is 0.692. The summed E-state index contributed by atoms with van der Waals surface area (Å²) in [6, 6.07) is 0. The van der Waals surface area contributed by atoms with Crippen LogP contribution in [-0.2, 0) is 0 Å². The molecule has 0 nitrogen and oxygen atoms in total. The Bertz CT molecular complexity index is 18.9. The molecule has 2 radical (unpaired) electrons. The summed E-state index contributed by atoms with van der Waals surface area (Å²) in [5.41, 5.74) is 0. The summed E-state index contributed by atoms with van der Waals surface area (Å²) in [7, 11) is 10.9. The average Bonchev–Trinajstić information content (AvgIpc) is 1.38. The van der Waals surface area contributed by atoms with Crippen LogP contribution in [0.25, 0.3) is 0 Å². The summed E-state index contributed by atoms with van der Waals surface area (Å²) < 4.78 is 0. The van der Waals surface area contributed by atoms with Gasteiger partial charge in [-0.2, -0.15) is 26.6 Å². The van der Waals surface area contributed by atoms with Gasteiger partial charge in [0, 0.05) is 0 Å². The van der Waals surface area contributed by atoms with Crippen molar-refractivity contribution in [3.8, 4) is 0 Å². The summed E-state index contributed by atoms with van der Waals surface area (Å²) >= 11 is 0. The molecule has 0 aliphatic heterocycles. The van der Waals surface area contributed by atoms with Crippen molar-refractivity contribution in [2.75, 3.05) is 0 Å². The van der Waals surface area contributed by atoms with Gasteiger partial charge < -0.3 is 0 Å². The molecule has 0 spiro atoms. The zero-order valence-corrected chi connectivity index (χ0v) is 6.12. The molecule has 0 aromatic rings. The first kappa shape index (κ1) is 6.42. The van der Waals surface area contributed by atoms with Crippen molar-refractivity contribution >= 4 is 40.0 Å². The van der Waals surface area contributed by atoms with E-state index in [0.717, 1.165) is 0 Å². The molecule has 0 aliphatic rings. The normalized spacial score (nSPS) is 10.0. The Balaban J connectivity index is 2.54. The minimum Gasteiger partial charge on any atom is -0.193 e. The first-order valence-electron chi connectivity index (χ1n) is 1.24. The minimum absolute atomic E-state index is 0.523. The van der Waals surface area contributed by atoms with E-state index in [1.165, 1.54) is 0 Å². The summed E-state index contributed by atoms with van der Waals surface area (Å²) in [5.74, 6) is 0.523. The van der Waals surface area contributed by atoms with Crippen LogP contribution in [0.2, 0.25) is 0 Å². The Hall–Kier alpha value is 1.42. The molecule has 0 bridgehead atoms. The van der Waals surface area contributed by atoms with E-state index in [1.807, 2.05) is 0 Å². The molecule has 0 N–H and O–H groups in total. The summed E-state index contributed by atoms with van der Waals surface area (Å²) in [6.07, 6.45) is 0. The van der Waals surface area contributed by atoms with Gasteiger partial charge in [0.15, 0.2) is 0 Å². The van der Waals surface area contributed by atoms with E-state index in [2.05, 4.69) is 18.2 Å². The van der Waals surface area contributed by atoms with E-state index in [1.54, 1.807) is 0 Å². The van der Waals surface area contributed by atoms with Crippen molar-refractivity contribution in [1.29, 1.82) is 0 Å². The molecule has 0 rings (SSSR count). The van der Waals surface area contributed by atoms with Gasteiger partial charge in [0.25, 0.3) is 0 Å². The second kappa shape index (κ2) is 3.60. The largest absolute Gasteiger partial charge is 0.202 e. The maximum atomic E-state index is 5.16. The van der Waals surface area contributed by atoms with Crippen molar-refractivity contribution in [2.45, 2.75) is 0 Å². The molecule has 0 saturated heterocycles. The fourth-order valence-corrected chi connectivity index (χ4v) is 0. The predicted molar refractivity (Wildman–Crippen MR) is 39.2 cm³/mol. The quantitative estimate of drug-likeness (QED) is 0.348. The maximum absolute atomic E-state index is 5.16. The zero-order chi connectivity index (χ0) is 4.28. The van der Waals surface area contributed by atoms with Crippen molar-refractivity contribution in [3.05, 3.63) is 0 Å². The van der Waals surface area contributed by atoms with Crippen LogP contribution in [0.1, 0.15) is 0 Å². The molecule has 26 valence electrons. The van der Waals surface area contributed by atoms with Gasteiger partial charge >= 0.3 is 0 Å². The lowest BCUT2D eigenvalue weighted by atomic mass is 10.6. The third-order valence-corrected chi connectivity index (χ3v) is 1.73. The standard InChI is InChI=1S/B2H5P3/c1-5-2(3)4/h5H,3-4H2. The fourth-order valence-electron chi connectivity index (χ4n) is 0. The molecule has 5 heteroatoms. The van der Waals surface area contributed by atoms with Crippen LogP contribution in [0, 0.1) is 0 Å². The molecule has 0 fully saturated rings.